The summed E-state index contributed by atoms with van der Waals surface area (Å²) in [4.78, 5) is 22.6. The molecule has 0 spiro atoms. The normalized spacial score (nSPS) is 22.8. The van der Waals surface area contributed by atoms with E-state index in [1.54, 1.807) is 6.92 Å². The molecule has 1 N–H and O–H groups in total. The lowest BCUT2D eigenvalue weighted by Crippen LogP contribution is -2.27. The van der Waals surface area contributed by atoms with Crippen molar-refractivity contribution in [2.75, 3.05) is 13.2 Å². The van der Waals surface area contributed by atoms with Crippen molar-refractivity contribution in [3.05, 3.63) is 0 Å². The van der Waals surface area contributed by atoms with Gasteiger partial charge in [0.25, 0.3) is 0 Å². The van der Waals surface area contributed by atoms with Crippen LogP contribution in [-0.4, -0.2) is 25.0 Å². The molecule has 0 aromatic heterocycles. The van der Waals surface area contributed by atoms with E-state index in [0.717, 1.165) is 24.8 Å². The molecule has 1 aliphatic carbocycles. The van der Waals surface area contributed by atoms with Gasteiger partial charge in [0, 0.05) is 13.0 Å². The molecule has 19 heavy (non-hydrogen) atoms. The van der Waals surface area contributed by atoms with Crippen LogP contribution in [0.4, 0.5) is 0 Å². The van der Waals surface area contributed by atoms with E-state index in [1.807, 2.05) is 0 Å². The summed E-state index contributed by atoms with van der Waals surface area (Å²) in [6.45, 7) is 5.19. The van der Waals surface area contributed by atoms with Crippen LogP contribution in [0.25, 0.3) is 0 Å². The summed E-state index contributed by atoms with van der Waals surface area (Å²) in [6, 6.07) is 0. The van der Waals surface area contributed by atoms with Crippen molar-refractivity contribution in [1.29, 1.82) is 0 Å². The van der Waals surface area contributed by atoms with Gasteiger partial charge >= 0.3 is 5.97 Å². The molecule has 1 rings (SSSR count). The van der Waals surface area contributed by atoms with E-state index < -0.39 is 0 Å². The minimum atomic E-state index is -0.293. The van der Waals surface area contributed by atoms with Gasteiger partial charge in [-0.15, -0.1) is 0 Å². The van der Waals surface area contributed by atoms with Crippen molar-refractivity contribution < 1.29 is 14.3 Å². The minimum Gasteiger partial charge on any atom is -0.466 e. The number of rotatable bonds is 7. The fourth-order valence-corrected chi connectivity index (χ4v) is 2.77. The molecule has 1 fully saturated rings. The molecular weight excluding hydrogens is 242 g/mol. The largest absolute Gasteiger partial charge is 0.466 e. The quantitative estimate of drug-likeness (QED) is 0.723. The van der Waals surface area contributed by atoms with E-state index in [1.165, 1.54) is 25.7 Å². The SMILES string of the molecule is CCOC(=O)CCC(=O)NCCC1CCCC(C)C1. The van der Waals surface area contributed by atoms with E-state index in [-0.39, 0.29) is 24.7 Å². The summed E-state index contributed by atoms with van der Waals surface area (Å²) in [5, 5.41) is 2.90. The van der Waals surface area contributed by atoms with Crippen LogP contribution in [0.5, 0.6) is 0 Å². The summed E-state index contributed by atoms with van der Waals surface area (Å²) in [6.07, 6.45) is 6.74. The van der Waals surface area contributed by atoms with Gasteiger partial charge in [-0.3, -0.25) is 9.59 Å². The Bertz CT molecular complexity index is 291. The molecule has 110 valence electrons. The molecule has 1 amide bonds. The number of nitrogens with one attached hydrogen (secondary N) is 1. The highest BCUT2D eigenvalue weighted by atomic mass is 16.5. The molecule has 4 nitrogen and oxygen atoms in total. The first-order valence-corrected chi connectivity index (χ1v) is 7.54. The zero-order chi connectivity index (χ0) is 14.1. The van der Waals surface area contributed by atoms with Crippen LogP contribution < -0.4 is 5.32 Å². The third kappa shape index (κ3) is 7.19. The van der Waals surface area contributed by atoms with Gasteiger partial charge in [0.15, 0.2) is 0 Å². The molecule has 1 saturated carbocycles. The lowest BCUT2D eigenvalue weighted by molar-refractivity contribution is -0.144. The summed E-state index contributed by atoms with van der Waals surface area (Å²) in [5.74, 6) is 1.25. The number of hydrogen-bond donors (Lipinski definition) is 1. The number of carbonyl (C=O) groups is 2. The van der Waals surface area contributed by atoms with Crippen LogP contribution in [0.2, 0.25) is 0 Å². The van der Waals surface area contributed by atoms with Crippen LogP contribution in [0.15, 0.2) is 0 Å². The summed E-state index contributed by atoms with van der Waals surface area (Å²) in [5.41, 5.74) is 0. The molecular formula is C15H27NO3. The second kappa shape index (κ2) is 8.94. The van der Waals surface area contributed by atoms with Crippen LogP contribution in [0.1, 0.15) is 58.8 Å². The van der Waals surface area contributed by atoms with Crippen LogP contribution in [0.3, 0.4) is 0 Å². The lowest BCUT2D eigenvalue weighted by atomic mass is 9.81. The van der Waals surface area contributed by atoms with Gasteiger partial charge in [0.2, 0.25) is 5.91 Å². The maximum atomic E-state index is 11.5. The highest BCUT2D eigenvalue weighted by Crippen LogP contribution is 2.30. The predicted molar refractivity (Wildman–Crippen MR) is 74.6 cm³/mol. The average molecular weight is 269 g/mol. The Balaban J connectivity index is 2.05. The molecule has 0 bridgehead atoms. The van der Waals surface area contributed by atoms with E-state index in [9.17, 15) is 9.59 Å². The van der Waals surface area contributed by atoms with Gasteiger partial charge in [-0.2, -0.15) is 0 Å². The first-order chi connectivity index (χ1) is 9.11. The Morgan fingerprint density at radius 1 is 1.26 bits per heavy atom. The zero-order valence-electron chi connectivity index (χ0n) is 12.2. The second-order valence-electron chi connectivity index (χ2n) is 5.58. The topological polar surface area (TPSA) is 55.4 Å². The summed E-state index contributed by atoms with van der Waals surface area (Å²) >= 11 is 0. The van der Waals surface area contributed by atoms with E-state index >= 15 is 0 Å². The van der Waals surface area contributed by atoms with Gasteiger partial charge < -0.3 is 10.1 Å². The van der Waals surface area contributed by atoms with Crippen LogP contribution in [-0.2, 0) is 14.3 Å². The first-order valence-electron chi connectivity index (χ1n) is 7.54. The maximum absolute atomic E-state index is 11.5. The number of hydrogen-bond acceptors (Lipinski definition) is 3. The fraction of sp³-hybridized carbons (Fsp3) is 0.867. The monoisotopic (exact) mass is 269 g/mol. The fourth-order valence-electron chi connectivity index (χ4n) is 2.77. The maximum Gasteiger partial charge on any atom is 0.306 e. The Morgan fingerprint density at radius 3 is 2.74 bits per heavy atom. The minimum absolute atomic E-state index is 0.0445. The average Bonchev–Trinajstić information content (AvgIpc) is 2.37. The summed E-state index contributed by atoms with van der Waals surface area (Å²) in [7, 11) is 0. The van der Waals surface area contributed by atoms with Crippen molar-refractivity contribution >= 4 is 11.9 Å². The highest BCUT2D eigenvalue weighted by molar-refractivity contribution is 5.81. The Hall–Kier alpha value is -1.06. The van der Waals surface area contributed by atoms with Crippen LogP contribution in [0, 0.1) is 11.8 Å². The van der Waals surface area contributed by atoms with Gasteiger partial charge in [-0.1, -0.05) is 26.2 Å². The van der Waals surface area contributed by atoms with Gasteiger partial charge in [0.1, 0.15) is 0 Å². The molecule has 0 radical (unpaired) electrons. The molecule has 4 heteroatoms. The summed E-state index contributed by atoms with van der Waals surface area (Å²) < 4.78 is 4.78. The van der Waals surface area contributed by atoms with Crippen LogP contribution >= 0.6 is 0 Å². The van der Waals surface area contributed by atoms with Gasteiger partial charge in [-0.25, -0.2) is 0 Å². The highest BCUT2D eigenvalue weighted by Gasteiger charge is 2.18. The lowest BCUT2D eigenvalue weighted by Gasteiger charge is -2.26. The molecule has 2 unspecified atom stereocenters. The number of amides is 1. The Labute approximate surface area is 116 Å². The molecule has 0 heterocycles. The third-order valence-electron chi connectivity index (χ3n) is 3.78. The number of carbonyl (C=O) groups excluding carboxylic acids is 2. The van der Waals surface area contributed by atoms with Crippen molar-refractivity contribution in [2.24, 2.45) is 11.8 Å². The Kier molecular flexibility index (Phi) is 7.53. The van der Waals surface area contributed by atoms with E-state index in [0.29, 0.717) is 6.61 Å². The smallest absolute Gasteiger partial charge is 0.306 e. The molecule has 0 aliphatic heterocycles. The number of ether oxygens (including phenoxy) is 1. The van der Waals surface area contributed by atoms with E-state index in [4.69, 9.17) is 4.74 Å². The predicted octanol–water partition coefficient (Wildman–Crippen LogP) is 2.66. The van der Waals surface area contributed by atoms with Gasteiger partial charge in [0.05, 0.1) is 13.0 Å². The Morgan fingerprint density at radius 2 is 2.05 bits per heavy atom. The van der Waals surface area contributed by atoms with Gasteiger partial charge in [-0.05, 0) is 31.6 Å². The number of esters is 1. The molecule has 0 saturated heterocycles. The standard InChI is InChI=1S/C15H27NO3/c1-3-19-15(18)8-7-14(17)16-10-9-13-6-4-5-12(2)11-13/h12-13H,3-11H2,1-2H3,(H,16,17). The zero-order valence-corrected chi connectivity index (χ0v) is 12.2. The molecule has 0 aromatic carbocycles. The van der Waals surface area contributed by atoms with Crippen molar-refractivity contribution in [1.82, 2.24) is 5.32 Å². The first kappa shape index (κ1) is 16.0. The molecule has 1 aliphatic rings. The van der Waals surface area contributed by atoms with Crippen molar-refractivity contribution in [3.63, 3.8) is 0 Å². The van der Waals surface area contributed by atoms with Crippen molar-refractivity contribution in [2.45, 2.75) is 58.8 Å². The second-order valence-corrected chi connectivity index (χ2v) is 5.58. The third-order valence-corrected chi connectivity index (χ3v) is 3.78. The van der Waals surface area contributed by atoms with Crippen molar-refractivity contribution in [3.8, 4) is 0 Å². The molecule has 2 atom stereocenters. The molecule has 0 aromatic rings. The van der Waals surface area contributed by atoms with E-state index in [2.05, 4.69) is 12.2 Å².